The van der Waals surface area contributed by atoms with Gasteiger partial charge in [-0.25, -0.2) is 13.6 Å². The summed E-state index contributed by atoms with van der Waals surface area (Å²) >= 11 is 0. The van der Waals surface area contributed by atoms with Crippen LogP contribution in [0.4, 0.5) is 22.0 Å². The molecule has 1 aliphatic rings. The molecule has 0 heterocycles. The van der Waals surface area contributed by atoms with Crippen molar-refractivity contribution < 1.29 is 41.3 Å². The molecular formula is C29H29F5O4. The van der Waals surface area contributed by atoms with Crippen molar-refractivity contribution in [3.05, 3.63) is 101 Å². The van der Waals surface area contributed by atoms with Gasteiger partial charge in [0.1, 0.15) is 5.82 Å². The quantitative estimate of drug-likeness (QED) is 0.109. The number of allylic oxidation sites excluding steroid dienone is 2. The molecule has 3 rings (SSSR count). The van der Waals surface area contributed by atoms with Crippen molar-refractivity contribution in [1.82, 2.24) is 0 Å². The molecule has 0 bridgehead atoms. The summed E-state index contributed by atoms with van der Waals surface area (Å²) in [5.74, 6) is -10.2. The molecule has 9 heteroatoms. The number of hydrogen-bond acceptors (Lipinski definition) is 4. The zero-order chi connectivity index (χ0) is 28.0. The van der Waals surface area contributed by atoms with Crippen LogP contribution in [0.1, 0.15) is 78.8 Å². The highest BCUT2D eigenvalue weighted by atomic mass is 19.2. The van der Waals surface area contributed by atoms with Crippen molar-refractivity contribution in [1.29, 1.82) is 0 Å². The number of halogens is 5. The van der Waals surface area contributed by atoms with E-state index in [2.05, 4.69) is 13.2 Å². The van der Waals surface area contributed by atoms with E-state index in [4.69, 9.17) is 9.47 Å². The van der Waals surface area contributed by atoms with Gasteiger partial charge in [-0.15, -0.1) is 0 Å². The van der Waals surface area contributed by atoms with Crippen LogP contribution >= 0.6 is 0 Å². The maximum absolute atomic E-state index is 14.8. The third-order valence-electron chi connectivity index (χ3n) is 6.62. The maximum atomic E-state index is 14.8. The van der Waals surface area contributed by atoms with E-state index in [1.807, 2.05) is 6.92 Å². The summed E-state index contributed by atoms with van der Waals surface area (Å²) in [6.07, 6.45) is 3.54. The number of carbonyl (C=O) groups excluding carboxylic acids is 1. The molecule has 1 N–H and O–H groups in total. The molecule has 0 spiro atoms. The normalized spacial score (nSPS) is 17.9. The largest absolute Gasteiger partial charge is 0.505 e. The molecule has 2 aromatic rings. The molecule has 0 radical (unpaired) electrons. The Bertz CT molecular complexity index is 1250. The van der Waals surface area contributed by atoms with Crippen LogP contribution in [0, 0.1) is 17.5 Å². The summed E-state index contributed by atoms with van der Waals surface area (Å²) in [4.78, 5) is 12.4. The number of benzene rings is 2. The molecule has 0 unspecified atom stereocenters. The average molecular weight is 537 g/mol. The van der Waals surface area contributed by atoms with Crippen molar-refractivity contribution >= 4 is 5.97 Å². The molecule has 0 atom stereocenters. The van der Waals surface area contributed by atoms with E-state index in [1.54, 1.807) is 0 Å². The van der Waals surface area contributed by atoms with Crippen LogP contribution in [-0.4, -0.2) is 17.7 Å². The van der Waals surface area contributed by atoms with Crippen molar-refractivity contribution in [3.8, 4) is 5.75 Å². The van der Waals surface area contributed by atoms with Gasteiger partial charge in [0.15, 0.2) is 23.1 Å². The summed E-state index contributed by atoms with van der Waals surface area (Å²) in [7, 11) is 0. The lowest BCUT2D eigenvalue weighted by molar-refractivity contribution is 0.0617. The Morgan fingerprint density at radius 2 is 1.58 bits per heavy atom. The van der Waals surface area contributed by atoms with Gasteiger partial charge in [0.2, 0.25) is 17.5 Å². The average Bonchev–Trinajstić information content (AvgIpc) is 2.91. The minimum Gasteiger partial charge on any atom is -0.505 e. The van der Waals surface area contributed by atoms with Crippen LogP contribution in [0.3, 0.4) is 0 Å². The van der Waals surface area contributed by atoms with Crippen molar-refractivity contribution in [2.75, 3.05) is 6.61 Å². The van der Waals surface area contributed by atoms with Crippen LogP contribution in [0.5, 0.6) is 5.75 Å². The highest BCUT2D eigenvalue weighted by molar-refractivity contribution is 5.90. The van der Waals surface area contributed by atoms with Gasteiger partial charge < -0.3 is 14.6 Å². The van der Waals surface area contributed by atoms with E-state index < -0.39 is 57.9 Å². The topological polar surface area (TPSA) is 55.8 Å². The van der Waals surface area contributed by atoms with E-state index in [0.29, 0.717) is 37.7 Å². The van der Waals surface area contributed by atoms with Crippen LogP contribution in [-0.2, 0) is 9.47 Å². The number of ether oxygens (including phenoxy) is 2. The predicted molar refractivity (Wildman–Crippen MR) is 132 cm³/mol. The Kier molecular flexibility index (Phi) is 9.72. The van der Waals surface area contributed by atoms with Crippen LogP contribution in [0.15, 0.2) is 66.7 Å². The number of carbonyl (C=O) groups is 1. The molecule has 0 amide bonds. The Labute approximate surface area is 218 Å². The minimum atomic E-state index is -1.58. The van der Waals surface area contributed by atoms with Gasteiger partial charge in [0.05, 0.1) is 12.2 Å². The second-order valence-corrected chi connectivity index (χ2v) is 9.16. The van der Waals surface area contributed by atoms with Crippen LogP contribution < -0.4 is 0 Å². The van der Waals surface area contributed by atoms with Gasteiger partial charge >= 0.3 is 5.97 Å². The number of hydrogen-bond donors (Lipinski definition) is 1. The first-order valence-electron chi connectivity index (χ1n) is 12.3. The molecule has 1 fully saturated rings. The summed E-state index contributed by atoms with van der Waals surface area (Å²) in [6.45, 7) is 8.50. The van der Waals surface area contributed by atoms with Gasteiger partial charge in [0.25, 0.3) is 0 Å². The molecule has 4 nitrogen and oxygen atoms in total. The van der Waals surface area contributed by atoms with Crippen molar-refractivity contribution in [2.24, 2.45) is 0 Å². The first-order chi connectivity index (χ1) is 18.0. The Morgan fingerprint density at radius 3 is 2.21 bits per heavy atom. The molecule has 2 aromatic carbocycles. The summed E-state index contributed by atoms with van der Waals surface area (Å²) in [5, 5.41) is 9.32. The Balaban J connectivity index is 1.62. The molecule has 204 valence electrons. The van der Waals surface area contributed by atoms with Gasteiger partial charge in [0, 0.05) is 0 Å². The Morgan fingerprint density at radius 1 is 0.947 bits per heavy atom. The second kappa shape index (κ2) is 12.8. The van der Waals surface area contributed by atoms with E-state index in [1.165, 1.54) is 24.3 Å². The molecule has 0 aliphatic heterocycles. The lowest BCUT2D eigenvalue weighted by Gasteiger charge is -2.29. The smallest absolute Gasteiger partial charge is 0.346 e. The predicted octanol–water partition coefficient (Wildman–Crippen LogP) is 8.40. The number of unbranched alkanes of at least 4 members (excludes halogenated alkanes) is 1. The number of aromatic hydroxyl groups is 1. The fraction of sp³-hybridized carbons (Fsp3) is 0.345. The second-order valence-electron chi connectivity index (χ2n) is 9.16. The molecular weight excluding hydrogens is 507 g/mol. The fourth-order valence-electron chi connectivity index (χ4n) is 4.42. The number of phenolic OH excluding ortho intramolecular Hbond substituents is 1. The van der Waals surface area contributed by atoms with Gasteiger partial charge in [-0.05, 0) is 73.3 Å². The van der Waals surface area contributed by atoms with E-state index in [-0.39, 0.29) is 24.0 Å². The van der Waals surface area contributed by atoms with E-state index in [0.717, 1.165) is 12.5 Å². The first kappa shape index (κ1) is 28.9. The highest BCUT2D eigenvalue weighted by Gasteiger charge is 2.28. The van der Waals surface area contributed by atoms with E-state index >= 15 is 0 Å². The van der Waals surface area contributed by atoms with Crippen molar-refractivity contribution in [3.63, 3.8) is 0 Å². The fourth-order valence-corrected chi connectivity index (χ4v) is 4.42. The van der Waals surface area contributed by atoms with Crippen molar-refractivity contribution in [2.45, 2.75) is 57.3 Å². The summed E-state index contributed by atoms with van der Waals surface area (Å²) in [5.41, 5.74) is 0.305. The summed E-state index contributed by atoms with van der Waals surface area (Å²) < 4.78 is 80.9. The third kappa shape index (κ3) is 6.62. The van der Waals surface area contributed by atoms with Gasteiger partial charge in [-0.1, -0.05) is 38.6 Å². The number of rotatable bonds is 10. The lowest BCUT2D eigenvalue weighted by atomic mass is 9.76. The molecule has 0 saturated heterocycles. The Hall–Kier alpha value is -3.62. The zero-order valence-electron chi connectivity index (χ0n) is 21.0. The maximum Gasteiger partial charge on any atom is 0.346 e. The monoisotopic (exact) mass is 536 g/mol. The van der Waals surface area contributed by atoms with E-state index in [9.17, 15) is 31.9 Å². The highest BCUT2D eigenvalue weighted by Crippen LogP contribution is 2.42. The standard InChI is InChI=1S/C29H29F5O4/c1-4-5-14-37-16(2)25(31)26(32)17(3)38-29(36)22-11-10-20(15-23(22)30)18-6-8-19(9-7-18)21-12-13-24(35)28(34)27(21)33/h10-13,15,18-19,35H,2-9,14H2,1H3/b26-25-. The van der Waals surface area contributed by atoms with Gasteiger partial charge in [-0.2, -0.15) is 13.2 Å². The van der Waals surface area contributed by atoms with Crippen LogP contribution in [0.25, 0.3) is 0 Å². The minimum absolute atomic E-state index is 0.0843. The zero-order valence-corrected chi connectivity index (χ0v) is 21.0. The lowest BCUT2D eigenvalue weighted by Crippen LogP contribution is -2.15. The number of esters is 1. The molecule has 1 saturated carbocycles. The van der Waals surface area contributed by atoms with Gasteiger partial charge in [-0.3, -0.25) is 0 Å². The molecule has 0 aromatic heterocycles. The van der Waals surface area contributed by atoms with Crippen LogP contribution in [0.2, 0.25) is 0 Å². The summed E-state index contributed by atoms with van der Waals surface area (Å²) in [6, 6.07) is 6.37. The molecule has 1 aliphatic carbocycles. The number of phenols is 1. The first-order valence-corrected chi connectivity index (χ1v) is 12.3. The SMILES string of the molecule is C=C(OCCCC)/C(F)=C(/F)C(=C)OC(=O)c1ccc(C2CCC(c3ccc(O)c(F)c3F)CC2)cc1F. The molecule has 38 heavy (non-hydrogen) atoms. The third-order valence-corrected chi connectivity index (χ3v) is 6.62.